The van der Waals surface area contributed by atoms with E-state index in [2.05, 4.69) is 56.1 Å². The predicted octanol–water partition coefficient (Wildman–Crippen LogP) is 4.23. The van der Waals surface area contributed by atoms with Crippen LogP contribution in [0.1, 0.15) is 70.5 Å². The van der Waals surface area contributed by atoms with Gasteiger partial charge in [-0.3, -0.25) is 0 Å². The Labute approximate surface area is 121 Å². The Morgan fingerprint density at radius 3 is 2.63 bits per heavy atom. The predicted molar refractivity (Wildman–Crippen MR) is 83.7 cm³/mol. The van der Waals surface area contributed by atoms with E-state index in [-0.39, 0.29) is 5.41 Å². The minimum Gasteiger partial charge on any atom is -0.309 e. The van der Waals surface area contributed by atoms with Crippen LogP contribution in [-0.2, 0) is 5.41 Å². The normalized spacial score (nSPS) is 13.5. The van der Waals surface area contributed by atoms with Gasteiger partial charge in [0.2, 0.25) is 0 Å². The van der Waals surface area contributed by atoms with Gasteiger partial charge in [-0.1, -0.05) is 37.8 Å². The molecule has 1 rings (SSSR count). The zero-order valence-corrected chi connectivity index (χ0v) is 13.7. The SMILES string of the molecule is C=C(C)CCC(NCCC)c1snnc1C(C)(C)C. The zero-order chi connectivity index (χ0) is 14.5. The van der Waals surface area contributed by atoms with Crippen molar-refractivity contribution in [3.63, 3.8) is 0 Å². The van der Waals surface area contributed by atoms with Crippen LogP contribution in [0.3, 0.4) is 0 Å². The molecule has 0 saturated carbocycles. The van der Waals surface area contributed by atoms with Crippen LogP contribution in [0, 0.1) is 0 Å². The third-order valence-electron chi connectivity index (χ3n) is 3.04. The molecule has 4 heteroatoms. The molecule has 0 aliphatic carbocycles. The van der Waals surface area contributed by atoms with Gasteiger partial charge < -0.3 is 5.32 Å². The van der Waals surface area contributed by atoms with E-state index in [1.165, 1.54) is 22.0 Å². The monoisotopic (exact) mass is 281 g/mol. The topological polar surface area (TPSA) is 37.8 Å². The van der Waals surface area contributed by atoms with E-state index < -0.39 is 0 Å². The zero-order valence-electron chi connectivity index (χ0n) is 12.9. The standard InChI is InChI=1S/C15H27N3S/c1-7-10-16-12(9-8-11(2)3)13-14(15(4,5)6)17-18-19-13/h12,16H,2,7-10H2,1,3-6H3. The lowest BCUT2D eigenvalue weighted by atomic mass is 9.89. The number of nitrogens with zero attached hydrogens (tertiary/aromatic N) is 2. The minimum atomic E-state index is 0.0533. The summed E-state index contributed by atoms with van der Waals surface area (Å²) in [6.07, 6.45) is 3.26. The molecule has 19 heavy (non-hydrogen) atoms. The Morgan fingerprint density at radius 2 is 2.11 bits per heavy atom. The summed E-state index contributed by atoms with van der Waals surface area (Å²) in [5.74, 6) is 0. The second-order valence-corrected chi connectivity index (χ2v) is 7.02. The Balaban J connectivity index is 2.90. The molecule has 1 aromatic rings. The van der Waals surface area contributed by atoms with Gasteiger partial charge in [0.25, 0.3) is 0 Å². The summed E-state index contributed by atoms with van der Waals surface area (Å²) in [6, 6.07) is 0.353. The lowest BCUT2D eigenvalue weighted by Gasteiger charge is -2.22. The molecular weight excluding hydrogens is 254 g/mol. The quantitative estimate of drug-likeness (QED) is 0.760. The molecule has 108 valence electrons. The molecule has 1 heterocycles. The molecule has 3 nitrogen and oxygen atoms in total. The van der Waals surface area contributed by atoms with Crippen molar-refractivity contribution < 1.29 is 0 Å². The van der Waals surface area contributed by atoms with Crippen molar-refractivity contribution in [1.82, 2.24) is 14.9 Å². The molecule has 0 spiro atoms. The van der Waals surface area contributed by atoms with Crippen molar-refractivity contribution in [3.05, 3.63) is 22.7 Å². The highest BCUT2D eigenvalue weighted by Gasteiger charge is 2.26. The highest BCUT2D eigenvalue weighted by molar-refractivity contribution is 7.05. The van der Waals surface area contributed by atoms with Crippen LogP contribution < -0.4 is 5.32 Å². The average Bonchev–Trinajstić information content (AvgIpc) is 2.77. The van der Waals surface area contributed by atoms with E-state index in [1.54, 1.807) is 0 Å². The van der Waals surface area contributed by atoms with Gasteiger partial charge in [-0.25, -0.2) is 0 Å². The van der Waals surface area contributed by atoms with Crippen LogP contribution in [0.25, 0.3) is 0 Å². The first-order valence-corrected chi connectivity index (χ1v) is 7.84. The highest BCUT2D eigenvalue weighted by atomic mass is 32.1. The Bertz CT molecular complexity index is 404. The lowest BCUT2D eigenvalue weighted by molar-refractivity contribution is 0.483. The van der Waals surface area contributed by atoms with Gasteiger partial charge in [-0.2, -0.15) is 0 Å². The smallest absolute Gasteiger partial charge is 0.0857 e. The van der Waals surface area contributed by atoms with Gasteiger partial charge in [-0.15, -0.1) is 11.7 Å². The summed E-state index contributed by atoms with van der Waals surface area (Å²) in [5, 5.41) is 7.98. The summed E-state index contributed by atoms with van der Waals surface area (Å²) < 4.78 is 4.17. The van der Waals surface area contributed by atoms with E-state index in [0.29, 0.717) is 6.04 Å². The molecule has 1 unspecified atom stereocenters. The number of rotatable bonds is 7. The summed E-state index contributed by atoms with van der Waals surface area (Å²) in [6.45, 7) is 15.9. The maximum Gasteiger partial charge on any atom is 0.0857 e. The van der Waals surface area contributed by atoms with Crippen LogP contribution >= 0.6 is 11.5 Å². The Morgan fingerprint density at radius 1 is 1.42 bits per heavy atom. The van der Waals surface area contributed by atoms with Crippen molar-refractivity contribution in [2.45, 2.75) is 65.3 Å². The molecule has 0 radical (unpaired) electrons. The lowest BCUT2D eigenvalue weighted by Crippen LogP contribution is -2.25. The van der Waals surface area contributed by atoms with Crippen LogP contribution in [0.5, 0.6) is 0 Å². The van der Waals surface area contributed by atoms with E-state index >= 15 is 0 Å². The van der Waals surface area contributed by atoms with Gasteiger partial charge in [0.05, 0.1) is 10.6 Å². The summed E-state index contributed by atoms with van der Waals surface area (Å²) in [5.41, 5.74) is 2.42. The molecule has 1 atom stereocenters. The minimum absolute atomic E-state index is 0.0533. The molecule has 0 fully saturated rings. The fraction of sp³-hybridized carbons (Fsp3) is 0.733. The summed E-state index contributed by atoms with van der Waals surface area (Å²) >= 11 is 1.53. The number of hydrogen-bond acceptors (Lipinski definition) is 4. The number of nitrogens with one attached hydrogen (secondary N) is 1. The maximum absolute atomic E-state index is 4.35. The second-order valence-electron chi connectivity index (χ2n) is 6.24. The molecule has 0 aliphatic heterocycles. The molecule has 1 N–H and O–H groups in total. The fourth-order valence-electron chi connectivity index (χ4n) is 1.98. The molecule has 0 saturated heterocycles. The number of allylic oxidation sites excluding steroid dienone is 1. The van der Waals surface area contributed by atoms with E-state index in [9.17, 15) is 0 Å². The van der Waals surface area contributed by atoms with Crippen molar-refractivity contribution in [1.29, 1.82) is 0 Å². The molecule has 0 bridgehead atoms. The third kappa shape index (κ3) is 5.03. The average molecular weight is 281 g/mol. The summed E-state index contributed by atoms with van der Waals surface area (Å²) in [7, 11) is 0. The largest absolute Gasteiger partial charge is 0.309 e. The summed E-state index contributed by atoms with van der Waals surface area (Å²) in [4.78, 5) is 1.29. The van der Waals surface area contributed by atoms with Crippen molar-refractivity contribution in [3.8, 4) is 0 Å². The first-order chi connectivity index (χ1) is 8.86. The van der Waals surface area contributed by atoms with Gasteiger partial charge >= 0.3 is 0 Å². The highest BCUT2D eigenvalue weighted by Crippen LogP contribution is 2.32. The van der Waals surface area contributed by atoms with Crippen molar-refractivity contribution in [2.24, 2.45) is 0 Å². The van der Waals surface area contributed by atoms with Gasteiger partial charge in [0, 0.05) is 11.5 Å². The Hall–Kier alpha value is -0.740. The van der Waals surface area contributed by atoms with Crippen LogP contribution in [-0.4, -0.2) is 16.1 Å². The van der Waals surface area contributed by atoms with Crippen molar-refractivity contribution in [2.75, 3.05) is 6.54 Å². The van der Waals surface area contributed by atoms with E-state index in [0.717, 1.165) is 31.5 Å². The van der Waals surface area contributed by atoms with Gasteiger partial charge in [0.1, 0.15) is 0 Å². The molecule has 0 aliphatic rings. The molecule has 0 amide bonds. The molecule has 0 aromatic carbocycles. The van der Waals surface area contributed by atoms with Crippen molar-refractivity contribution >= 4 is 11.5 Å². The first kappa shape index (κ1) is 16.3. The molecular formula is C15H27N3S. The molecule has 1 aromatic heterocycles. The Kier molecular flexibility index (Phi) is 6.14. The van der Waals surface area contributed by atoms with Gasteiger partial charge in [-0.05, 0) is 44.3 Å². The van der Waals surface area contributed by atoms with Crippen LogP contribution in [0.2, 0.25) is 0 Å². The third-order valence-corrected chi connectivity index (χ3v) is 3.88. The van der Waals surface area contributed by atoms with E-state index in [1.807, 2.05) is 0 Å². The fourth-order valence-corrected chi connectivity index (χ4v) is 2.95. The number of hydrogen-bond donors (Lipinski definition) is 1. The second kappa shape index (κ2) is 7.15. The van der Waals surface area contributed by atoms with Gasteiger partial charge in [0.15, 0.2) is 0 Å². The van der Waals surface area contributed by atoms with Crippen LogP contribution in [0.15, 0.2) is 12.2 Å². The van der Waals surface area contributed by atoms with E-state index in [4.69, 9.17) is 0 Å². The number of aromatic nitrogens is 2. The van der Waals surface area contributed by atoms with Crippen LogP contribution in [0.4, 0.5) is 0 Å². The first-order valence-electron chi connectivity index (χ1n) is 7.06. The maximum atomic E-state index is 4.35.